The van der Waals surface area contributed by atoms with Gasteiger partial charge < -0.3 is 4.74 Å². The fourth-order valence-corrected chi connectivity index (χ4v) is 3.92. The number of hydrogen-bond donors (Lipinski definition) is 1. The van der Waals surface area contributed by atoms with Crippen molar-refractivity contribution in [2.24, 2.45) is 0 Å². The molecule has 0 radical (unpaired) electrons. The number of sulfonamides is 1. The maximum absolute atomic E-state index is 12.3. The smallest absolute Gasteiger partial charge is 0.240 e. The van der Waals surface area contributed by atoms with Crippen LogP contribution in [0.3, 0.4) is 0 Å². The summed E-state index contributed by atoms with van der Waals surface area (Å²) >= 11 is 0. The largest absolute Gasteiger partial charge is 0.492 e. The van der Waals surface area contributed by atoms with Crippen LogP contribution in [0.4, 0.5) is 0 Å². The van der Waals surface area contributed by atoms with E-state index in [-0.39, 0.29) is 13.2 Å². The first kappa shape index (κ1) is 17.5. The number of nitrogens with one attached hydrogen (secondary N) is 1. The van der Waals surface area contributed by atoms with Crippen molar-refractivity contribution in [2.45, 2.75) is 32.6 Å². The molecule has 2 rings (SSSR count). The highest BCUT2D eigenvalue weighted by Gasteiger charge is 2.15. The van der Waals surface area contributed by atoms with Crippen LogP contribution < -0.4 is 9.46 Å². The molecule has 2 aromatic rings. The fraction of sp³-hybridized carbons (Fsp3) is 0.333. The van der Waals surface area contributed by atoms with Gasteiger partial charge in [-0.15, -0.1) is 0 Å². The van der Waals surface area contributed by atoms with E-state index in [4.69, 9.17) is 4.74 Å². The van der Waals surface area contributed by atoms with Crippen molar-refractivity contribution < 1.29 is 13.2 Å². The van der Waals surface area contributed by atoms with Gasteiger partial charge in [0, 0.05) is 6.54 Å². The Morgan fingerprint density at radius 1 is 0.957 bits per heavy atom. The third kappa shape index (κ3) is 4.33. The molecule has 0 atom stereocenters. The summed E-state index contributed by atoms with van der Waals surface area (Å²) in [5.74, 6) is 0.825. The third-order valence-corrected chi connectivity index (χ3v) is 5.25. The van der Waals surface area contributed by atoms with Gasteiger partial charge in [-0.3, -0.25) is 0 Å². The first-order valence-corrected chi connectivity index (χ1v) is 9.05. The molecule has 4 nitrogen and oxygen atoms in total. The number of benzene rings is 2. The molecule has 23 heavy (non-hydrogen) atoms. The predicted molar refractivity (Wildman–Crippen MR) is 92.5 cm³/mol. The molecular formula is C18H23NO3S. The van der Waals surface area contributed by atoms with E-state index in [0.717, 1.165) is 22.4 Å². The number of aryl methyl sites for hydroxylation is 4. The van der Waals surface area contributed by atoms with Gasteiger partial charge in [0.1, 0.15) is 12.4 Å². The molecule has 1 N–H and O–H groups in total. The predicted octanol–water partition coefficient (Wildman–Crippen LogP) is 3.28. The van der Waals surface area contributed by atoms with Crippen molar-refractivity contribution in [3.8, 4) is 5.75 Å². The second-order valence-corrected chi connectivity index (χ2v) is 7.47. The number of hydrogen-bond acceptors (Lipinski definition) is 3. The molecule has 2 aromatic carbocycles. The standard InChI is InChI=1S/C18H23NO3S/c1-13-11-15(3)18(16(4)12-13)22-10-9-19-23(20,21)17-8-6-5-7-14(17)2/h5-8,11-12,19H,9-10H2,1-4H3. The fourth-order valence-electron chi connectivity index (χ4n) is 2.66. The van der Waals surface area contributed by atoms with Crippen LogP contribution >= 0.6 is 0 Å². The summed E-state index contributed by atoms with van der Waals surface area (Å²) in [5.41, 5.74) is 4.03. The molecule has 0 bridgehead atoms. The Hall–Kier alpha value is -1.85. The second-order valence-electron chi connectivity index (χ2n) is 5.74. The lowest BCUT2D eigenvalue weighted by Gasteiger charge is -2.14. The Bertz CT molecular complexity index is 775. The highest BCUT2D eigenvalue weighted by molar-refractivity contribution is 7.89. The molecule has 0 aliphatic heterocycles. The van der Waals surface area contributed by atoms with E-state index in [1.807, 2.05) is 26.8 Å². The molecule has 0 amide bonds. The van der Waals surface area contributed by atoms with Gasteiger partial charge in [-0.25, -0.2) is 13.1 Å². The summed E-state index contributed by atoms with van der Waals surface area (Å²) in [6.45, 7) is 8.32. The van der Waals surface area contributed by atoms with E-state index < -0.39 is 10.0 Å². The average Bonchev–Trinajstić information content (AvgIpc) is 2.45. The lowest BCUT2D eigenvalue weighted by molar-refractivity contribution is 0.318. The highest BCUT2D eigenvalue weighted by Crippen LogP contribution is 2.24. The first-order chi connectivity index (χ1) is 10.8. The van der Waals surface area contributed by atoms with E-state index in [1.165, 1.54) is 5.56 Å². The molecule has 0 spiro atoms. The molecular weight excluding hydrogens is 310 g/mol. The van der Waals surface area contributed by atoms with E-state index >= 15 is 0 Å². The van der Waals surface area contributed by atoms with Crippen molar-refractivity contribution >= 4 is 10.0 Å². The van der Waals surface area contributed by atoms with Gasteiger partial charge in [-0.2, -0.15) is 0 Å². The van der Waals surface area contributed by atoms with Crippen molar-refractivity contribution in [1.82, 2.24) is 4.72 Å². The second kappa shape index (κ2) is 7.15. The van der Waals surface area contributed by atoms with Crippen molar-refractivity contribution in [3.63, 3.8) is 0 Å². The molecule has 0 saturated carbocycles. The molecule has 0 heterocycles. The third-order valence-electron chi connectivity index (χ3n) is 3.63. The van der Waals surface area contributed by atoms with E-state index in [9.17, 15) is 8.42 Å². The summed E-state index contributed by atoms with van der Waals surface area (Å²) < 4.78 is 32.9. The molecule has 0 unspecified atom stereocenters. The summed E-state index contributed by atoms with van der Waals surface area (Å²) in [7, 11) is -3.50. The molecule has 0 aliphatic rings. The topological polar surface area (TPSA) is 55.4 Å². The molecule has 0 aliphatic carbocycles. The minimum atomic E-state index is -3.50. The Morgan fingerprint density at radius 3 is 2.17 bits per heavy atom. The Balaban J connectivity index is 1.97. The van der Waals surface area contributed by atoms with E-state index in [1.54, 1.807) is 25.1 Å². The SMILES string of the molecule is Cc1cc(C)c(OCCNS(=O)(=O)c2ccccc2C)c(C)c1. The highest BCUT2D eigenvalue weighted by atomic mass is 32.2. The minimum Gasteiger partial charge on any atom is -0.492 e. The summed E-state index contributed by atoms with van der Waals surface area (Å²) in [6, 6.07) is 11.0. The van der Waals surface area contributed by atoms with Crippen LogP contribution in [0.15, 0.2) is 41.3 Å². The van der Waals surface area contributed by atoms with Gasteiger partial charge in [-0.05, 0) is 50.5 Å². The lowest BCUT2D eigenvalue weighted by atomic mass is 10.1. The van der Waals surface area contributed by atoms with Gasteiger partial charge in [0.2, 0.25) is 10.0 Å². The molecule has 0 aromatic heterocycles. The van der Waals surface area contributed by atoms with Crippen LogP contribution in [0.5, 0.6) is 5.75 Å². The minimum absolute atomic E-state index is 0.226. The van der Waals surface area contributed by atoms with Crippen LogP contribution in [0.25, 0.3) is 0 Å². The zero-order valence-corrected chi connectivity index (χ0v) is 14.8. The normalized spacial score (nSPS) is 11.5. The average molecular weight is 333 g/mol. The van der Waals surface area contributed by atoms with Gasteiger partial charge in [-0.1, -0.05) is 35.9 Å². The maximum atomic E-state index is 12.3. The monoisotopic (exact) mass is 333 g/mol. The van der Waals surface area contributed by atoms with E-state index in [0.29, 0.717) is 4.90 Å². The van der Waals surface area contributed by atoms with Crippen LogP contribution in [0.2, 0.25) is 0 Å². The first-order valence-electron chi connectivity index (χ1n) is 7.57. The van der Waals surface area contributed by atoms with Gasteiger partial charge in [0.05, 0.1) is 4.90 Å². The molecule has 5 heteroatoms. The number of rotatable bonds is 6. The molecule has 0 saturated heterocycles. The molecule has 0 fully saturated rings. The maximum Gasteiger partial charge on any atom is 0.240 e. The molecule has 124 valence electrons. The van der Waals surface area contributed by atoms with Crippen LogP contribution in [0, 0.1) is 27.7 Å². The van der Waals surface area contributed by atoms with Crippen molar-refractivity contribution in [2.75, 3.05) is 13.2 Å². The summed E-state index contributed by atoms with van der Waals surface area (Å²) in [6.07, 6.45) is 0. The Labute approximate surface area is 138 Å². The van der Waals surface area contributed by atoms with Crippen molar-refractivity contribution in [3.05, 3.63) is 58.7 Å². The van der Waals surface area contributed by atoms with Crippen LogP contribution in [-0.2, 0) is 10.0 Å². The van der Waals surface area contributed by atoms with Gasteiger partial charge >= 0.3 is 0 Å². The zero-order chi connectivity index (χ0) is 17.0. The lowest BCUT2D eigenvalue weighted by Crippen LogP contribution is -2.29. The Morgan fingerprint density at radius 2 is 1.57 bits per heavy atom. The van der Waals surface area contributed by atoms with Crippen LogP contribution in [-0.4, -0.2) is 21.6 Å². The summed E-state index contributed by atoms with van der Waals surface area (Å²) in [4.78, 5) is 0.308. The van der Waals surface area contributed by atoms with Crippen molar-refractivity contribution in [1.29, 1.82) is 0 Å². The Kier molecular flexibility index (Phi) is 5.44. The quantitative estimate of drug-likeness (QED) is 0.826. The van der Waals surface area contributed by atoms with E-state index in [2.05, 4.69) is 16.9 Å². The van der Waals surface area contributed by atoms with Gasteiger partial charge in [0.15, 0.2) is 0 Å². The zero-order valence-electron chi connectivity index (χ0n) is 14.0. The summed E-state index contributed by atoms with van der Waals surface area (Å²) in [5, 5.41) is 0. The van der Waals surface area contributed by atoms with Crippen LogP contribution in [0.1, 0.15) is 22.3 Å². The number of ether oxygens (including phenoxy) is 1. The van der Waals surface area contributed by atoms with Gasteiger partial charge in [0.25, 0.3) is 0 Å².